The highest BCUT2D eigenvalue weighted by Gasteiger charge is 2.26. The number of nitrogens with zero attached hydrogens (tertiary/aromatic N) is 2. The molecule has 5 nitrogen and oxygen atoms in total. The number of rotatable bonds is 10. The first-order valence-corrected chi connectivity index (χ1v) is 10.5. The molecule has 1 fully saturated rings. The second-order valence-electron chi connectivity index (χ2n) is 7.75. The largest absolute Gasteiger partial charge is 0.497 e. The second-order valence-corrected chi connectivity index (χ2v) is 7.75. The molecule has 0 spiro atoms. The molecule has 1 aliphatic heterocycles. The predicted molar refractivity (Wildman–Crippen MR) is 117 cm³/mol. The van der Waals surface area contributed by atoms with Gasteiger partial charge < -0.3 is 19.5 Å². The fourth-order valence-corrected chi connectivity index (χ4v) is 4.13. The van der Waals surface area contributed by atoms with Crippen LogP contribution in [0.2, 0.25) is 0 Å². The highest BCUT2D eigenvalue weighted by molar-refractivity contribution is 5.38. The van der Waals surface area contributed by atoms with Crippen molar-refractivity contribution in [2.45, 2.75) is 31.8 Å². The number of hydrogen-bond donors (Lipinski definition) is 1. The molecule has 3 rings (SSSR count). The van der Waals surface area contributed by atoms with Crippen LogP contribution in [0.15, 0.2) is 48.5 Å². The van der Waals surface area contributed by atoms with Crippen LogP contribution in [0.3, 0.4) is 0 Å². The van der Waals surface area contributed by atoms with Crippen molar-refractivity contribution in [2.24, 2.45) is 0 Å². The van der Waals surface area contributed by atoms with E-state index in [1.54, 1.807) is 14.2 Å². The number of hydrogen-bond acceptors (Lipinski definition) is 5. The van der Waals surface area contributed by atoms with Crippen LogP contribution in [-0.2, 0) is 13.0 Å². The summed E-state index contributed by atoms with van der Waals surface area (Å²) in [6.45, 7) is 5.26. The van der Waals surface area contributed by atoms with Gasteiger partial charge in [0.1, 0.15) is 11.5 Å². The van der Waals surface area contributed by atoms with E-state index in [2.05, 4.69) is 52.3 Å². The summed E-state index contributed by atoms with van der Waals surface area (Å²) in [4.78, 5) is 5.03. The van der Waals surface area contributed by atoms with Crippen molar-refractivity contribution in [1.82, 2.24) is 9.80 Å². The van der Waals surface area contributed by atoms with Gasteiger partial charge in [-0.05, 0) is 49.1 Å². The Kier molecular flexibility index (Phi) is 8.35. The topological polar surface area (TPSA) is 45.2 Å². The minimum atomic E-state index is 0.223. The van der Waals surface area contributed by atoms with Crippen LogP contribution < -0.4 is 9.47 Å². The van der Waals surface area contributed by atoms with Gasteiger partial charge in [-0.15, -0.1) is 0 Å². The third-order valence-electron chi connectivity index (χ3n) is 5.73. The van der Waals surface area contributed by atoms with E-state index in [9.17, 15) is 5.11 Å². The maximum absolute atomic E-state index is 9.59. The average Bonchev–Trinajstić information content (AvgIpc) is 2.76. The Morgan fingerprint density at radius 2 is 1.69 bits per heavy atom. The van der Waals surface area contributed by atoms with E-state index in [1.807, 2.05) is 6.07 Å². The van der Waals surface area contributed by atoms with Crippen molar-refractivity contribution in [1.29, 1.82) is 0 Å². The van der Waals surface area contributed by atoms with Crippen molar-refractivity contribution in [2.75, 3.05) is 47.0 Å². The molecule has 158 valence electrons. The summed E-state index contributed by atoms with van der Waals surface area (Å²) in [5.74, 6) is 1.63. The van der Waals surface area contributed by atoms with Crippen LogP contribution >= 0.6 is 0 Å². The molecule has 0 radical (unpaired) electrons. The van der Waals surface area contributed by atoms with E-state index in [0.29, 0.717) is 6.04 Å². The Labute approximate surface area is 174 Å². The van der Waals surface area contributed by atoms with E-state index < -0.39 is 0 Å². The summed E-state index contributed by atoms with van der Waals surface area (Å²) in [7, 11) is 3.36. The first-order valence-electron chi connectivity index (χ1n) is 10.5. The minimum absolute atomic E-state index is 0.223. The van der Waals surface area contributed by atoms with Gasteiger partial charge in [-0.1, -0.05) is 30.3 Å². The lowest BCUT2D eigenvalue weighted by Gasteiger charge is -2.41. The van der Waals surface area contributed by atoms with E-state index in [0.717, 1.165) is 57.1 Å². The molecule has 0 amide bonds. The Morgan fingerprint density at radius 1 is 0.966 bits per heavy atom. The quantitative estimate of drug-likeness (QED) is 0.666. The highest BCUT2D eigenvalue weighted by atomic mass is 16.5. The maximum atomic E-state index is 9.59. The van der Waals surface area contributed by atoms with E-state index >= 15 is 0 Å². The number of ether oxygens (including phenoxy) is 2. The highest BCUT2D eigenvalue weighted by Crippen LogP contribution is 2.25. The van der Waals surface area contributed by atoms with Crippen molar-refractivity contribution in [3.05, 3.63) is 59.7 Å². The van der Waals surface area contributed by atoms with Crippen molar-refractivity contribution in [3.8, 4) is 11.5 Å². The van der Waals surface area contributed by atoms with Gasteiger partial charge >= 0.3 is 0 Å². The van der Waals surface area contributed by atoms with E-state index in [4.69, 9.17) is 9.47 Å². The first kappa shape index (κ1) is 21.6. The monoisotopic (exact) mass is 398 g/mol. The Morgan fingerprint density at radius 3 is 2.34 bits per heavy atom. The zero-order valence-corrected chi connectivity index (χ0v) is 17.7. The number of piperazine rings is 1. The fourth-order valence-electron chi connectivity index (χ4n) is 4.13. The third kappa shape index (κ3) is 6.46. The van der Waals surface area contributed by atoms with Crippen LogP contribution in [0.1, 0.15) is 24.0 Å². The summed E-state index contributed by atoms with van der Waals surface area (Å²) in [6, 6.07) is 17.1. The molecular formula is C24H34N2O3. The van der Waals surface area contributed by atoms with Crippen molar-refractivity contribution in [3.63, 3.8) is 0 Å². The zero-order chi connectivity index (χ0) is 20.5. The number of benzene rings is 2. The molecule has 1 aliphatic rings. The molecule has 1 saturated heterocycles. The Hall–Kier alpha value is -2.08. The molecule has 1 heterocycles. The standard InChI is InChI=1S/C24H34N2O3/c1-28-23-15-21(16-24(17-23)29-2)18-26-13-12-25(19-22(26)10-14-27)11-6-9-20-7-4-3-5-8-20/h3-5,7-8,15-17,22,27H,6,9-14,18-19H2,1-2H3/t22-/m1/s1. The predicted octanol–water partition coefficient (Wildman–Crippen LogP) is 3.21. The SMILES string of the molecule is COc1cc(CN2CCN(CCCc3ccccc3)C[C@H]2CCO)cc(OC)c1. The molecule has 2 aromatic carbocycles. The van der Waals surface area contributed by atoms with Gasteiger partial charge in [0.05, 0.1) is 14.2 Å². The van der Waals surface area contributed by atoms with Crippen LogP contribution in [0.4, 0.5) is 0 Å². The summed E-state index contributed by atoms with van der Waals surface area (Å²) in [5, 5.41) is 9.59. The summed E-state index contributed by atoms with van der Waals surface area (Å²) < 4.78 is 10.8. The van der Waals surface area contributed by atoms with E-state index in [1.165, 1.54) is 17.5 Å². The molecule has 0 unspecified atom stereocenters. The zero-order valence-electron chi connectivity index (χ0n) is 17.7. The third-order valence-corrected chi connectivity index (χ3v) is 5.73. The first-order chi connectivity index (χ1) is 14.2. The smallest absolute Gasteiger partial charge is 0.122 e. The van der Waals surface area contributed by atoms with Crippen molar-refractivity contribution >= 4 is 0 Å². The number of aryl methyl sites for hydroxylation is 1. The van der Waals surface area contributed by atoms with Crippen LogP contribution in [0.25, 0.3) is 0 Å². The minimum Gasteiger partial charge on any atom is -0.497 e. The fraction of sp³-hybridized carbons (Fsp3) is 0.500. The summed E-state index contributed by atoms with van der Waals surface area (Å²) in [6.07, 6.45) is 3.09. The Bertz CT molecular complexity index is 716. The number of aliphatic hydroxyl groups excluding tert-OH is 1. The van der Waals surface area contributed by atoms with Gasteiger partial charge in [0.25, 0.3) is 0 Å². The molecule has 0 aliphatic carbocycles. The van der Waals surface area contributed by atoms with Crippen LogP contribution in [-0.4, -0.2) is 68.0 Å². The molecule has 2 aromatic rings. The molecule has 1 N–H and O–H groups in total. The molecule has 29 heavy (non-hydrogen) atoms. The lowest BCUT2D eigenvalue weighted by molar-refractivity contribution is 0.0532. The average molecular weight is 399 g/mol. The summed E-state index contributed by atoms with van der Waals surface area (Å²) in [5.41, 5.74) is 2.59. The van der Waals surface area contributed by atoms with Gasteiger partial charge in [0.2, 0.25) is 0 Å². The van der Waals surface area contributed by atoms with E-state index in [-0.39, 0.29) is 6.61 Å². The van der Waals surface area contributed by atoms with Gasteiger partial charge in [-0.2, -0.15) is 0 Å². The molecule has 0 saturated carbocycles. The lowest BCUT2D eigenvalue weighted by atomic mass is 10.1. The second kappa shape index (κ2) is 11.2. The van der Waals surface area contributed by atoms with Gasteiger partial charge in [0.15, 0.2) is 0 Å². The van der Waals surface area contributed by atoms with Crippen LogP contribution in [0, 0.1) is 0 Å². The molecule has 1 atom stereocenters. The molecular weight excluding hydrogens is 364 g/mol. The lowest BCUT2D eigenvalue weighted by Crippen LogP contribution is -2.53. The molecule has 0 bridgehead atoms. The number of aliphatic hydroxyl groups is 1. The van der Waals surface area contributed by atoms with Crippen LogP contribution in [0.5, 0.6) is 11.5 Å². The normalized spacial score (nSPS) is 18.0. The Balaban J connectivity index is 1.56. The van der Waals surface area contributed by atoms with Gasteiger partial charge in [-0.25, -0.2) is 0 Å². The van der Waals surface area contributed by atoms with Gasteiger partial charge in [-0.3, -0.25) is 4.90 Å². The van der Waals surface area contributed by atoms with Crippen molar-refractivity contribution < 1.29 is 14.6 Å². The number of methoxy groups -OCH3 is 2. The summed E-state index contributed by atoms with van der Waals surface area (Å²) >= 11 is 0. The molecule has 5 heteroatoms. The molecule has 0 aromatic heterocycles. The maximum Gasteiger partial charge on any atom is 0.122 e. The van der Waals surface area contributed by atoms with Gasteiger partial charge in [0, 0.05) is 44.9 Å².